The fourth-order valence-corrected chi connectivity index (χ4v) is 2.18. The van der Waals surface area contributed by atoms with Gasteiger partial charge in [-0.15, -0.1) is 0 Å². The van der Waals surface area contributed by atoms with Crippen molar-refractivity contribution in [3.05, 3.63) is 35.0 Å². The number of nitrogens with two attached hydrogens (primary N) is 1. The molecule has 0 fully saturated rings. The van der Waals surface area contributed by atoms with Crippen molar-refractivity contribution in [1.82, 2.24) is 4.98 Å². The fourth-order valence-electron chi connectivity index (χ4n) is 1.96. The van der Waals surface area contributed by atoms with E-state index in [1.54, 1.807) is 0 Å². The monoisotopic (exact) mass is 263 g/mol. The summed E-state index contributed by atoms with van der Waals surface area (Å²) in [5.41, 5.74) is 5.33. The molecule has 0 spiro atoms. The van der Waals surface area contributed by atoms with Gasteiger partial charge in [-0.1, -0.05) is 44.5 Å². The van der Waals surface area contributed by atoms with Gasteiger partial charge in [0.25, 0.3) is 0 Å². The van der Waals surface area contributed by atoms with Gasteiger partial charge < -0.3 is 5.43 Å². The van der Waals surface area contributed by atoms with Crippen molar-refractivity contribution in [1.29, 1.82) is 0 Å². The molecule has 2 rings (SSSR count). The Kier molecular flexibility index (Phi) is 3.46. The summed E-state index contributed by atoms with van der Waals surface area (Å²) >= 11 is 6.20. The molecule has 0 bridgehead atoms. The van der Waals surface area contributed by atoms with Gasteiger partial charge in [0.05, 0.1) is 21.9 Å². The molecule has 0 unspecified atom stereocenters. The summed E-state index contributed by atoms with van der Waals surface area (Å²) < 4.78 is 0. The summed E-state index contributed by atoms with van der Waals surface area (Å²) in [6.45, 7) is 6.44. The Morgan fingerprint density at radius 2 is 2.11 bits per heavy atom. The van der Waals surface area contributed by atoms with Gasteiger partial charge in [0, 0.05) is 10.8 Å². The number of nitrogen functional groups attached to an aromatic ring is 1. The van der Waals surface area contributed by atoms with Crippen LogP contribution in [-0.4, -0.2) is 4.98 Å². The van der Waals surface area contributed by atoms with E-state index in [-0.39, 0.29) is 5.41 Å². The van der Waals surface area contributed by atoms with Gasteiger partial charge in [0.2, 0.25) is 0 Å². The van der Waals surface area contributed by atoms with Crippen LogP contribution < -0.4 is 11.3 Å². The summed E-state index contributed by atoms with van der Waals surface area (Å²) in [7, 11) is 0. The number of rotatable bonds is 3. The average molecular weight is 264 g/mol. The molecule has 0 aliphatic heterocycles. The number of hydrogen-bond donors (Lipinski definition) is 2. The molecule has 2 aromatic rings. The fraction of sp³-hybridized carbons (Fsp3) is 0.357. The average Bonchev–Trinajstić information content (AvgIpc) is 2.37. The summed E-state index contributed by atoms with van der Waals surface area (Å²) in [6.07, 6.45) is 0.977. The quantitative estimate of drug-likeness (QED) is 0.653. The molecule has 0 saturated heterocycles. The number of fused-ring (bicyclic) bond motifs is 1. The normalized spacial score (nSPS) is 11.8. The Morgan fingerprint density at radius 1 is 1.39 bits per heavy atom. The number of nitrogens with zero attached hydrogens (tertiary/aromatic N) is 1. The smallest absolute Gasteiger partial charge is 0.0893 e. The molecule has 1 aromatic heterocycles. The highest BCUT2D eigenvalue weighted by Crippen LogP contribution is 2.34. The standard InChI is InChI=1S/C14H18ClN3/c1-4-14(2,3)13-11(18-16)8-9-6-5-7-10(15)12(9)17-13/h5-8,18H,4,16H2,1-3H3. The Hall–Kier alpha value is -1.32. The second-order valence-electron chi connectivity index (χ2n) is 5.08. The molecule has 18 heavy (non-hydrogen) atoms. The molecule has 0 aliphatic rings. The van der Waals surface area contributed by atoms with E-state index in [0.717, 1.165) is 28.7 Å². The number of para-hydroxylation sites is 1. The van der Waals surface area contributed by atoms with E-state index in [0.29, 0.717) is 5.02 Å². The molecule has 0 aliphatic carbocycles. The van der Waals surface area contributed by atoms with Crippen LogP contribution in [0.25, 0.3) is 10.9 Å². The van der Waals surface area contributed by atoms with Crippen molar-refractivity contribution in [2.45, 2.75) is 32.6 Å². The zero-order chi connectivity index (χ0) is 13.3. The summed E-state index contributed by atoms with van der Waals surface area (Å²) in [5.74, 6) is 5.61. The van der Waals surface area contributed by atoms with Crippen LogP contribution in [0.3, 0.4) is 0 Å². The van der Waals surface area contributed by atoms with Gasteiger partial charge in [0.15, 0.2) is 0 Å². The summed E-state index contributed by atoms with van der Waals surface area (Å²) in [5, 5.41) is 1.66. The van der Waals surface area contributed by atoms with Crippen LogP contribution >= 0.6 is 11.6 Å². The number of nitrogens with one attached hydrogen (secondary N) is 1. The van der Waals surface area contributed by atoms with Gasteiger partial charge in [-0.05, 0) is 18.6 Å². The van der Waals surface area contributed by atoms with E-state index < -0.39 is 0 Å². The molecule has 96 valence electrons. The maximum absolute atomic E-state index is 6.20. The minimum atomic E-state index is -0.0466. The van der Waals surface area contributed by atoms with Crippen LogP contribution in [0.1, 0.15) is 32.9 Å². The van der Waals surface area contributed by atoms with Crippen molar-refractivity contribution >= 4 is 28.2 Å². The van der Waals surface area contributed by atoms with Crippen LogP contribution in [0.15, 0.2) is 24.3 Å². The maximum Gasteiger partial charge on any atom is 0.0893 e. The third-order valence-electron chi connectivity index (χ3n) is 3.48. The van der Waals surface area contributed by atoms with Crippen LogP contribution in [0.5, 0.6) is 0 Å². The lowest BCUT2D eigenvalue weighted by Gasteiger charge is -2.25. The van der Waals surface area contributed by atoms with Crippen LogP contribution in [0, 0.1) is 0 Å². The SMILES string of the molecule is CCC(C)(C)c1nc2c(Cl)cccc2cc1NN. The molecule has 4 heteroatoms. The van der Waals surface area contributed by atoms with Crippen LogP contribution in [0.2, 0.25) is 5.02 Å². The molecule has 0 atom stereocenters. The first-order valence-electron chi connectivity index (χ1n) is 6.06. The Balaban J connectivity index is 2.76. The van der Waals surface area contributed by atoms with Crippen molar-refractivity contribution in [2.75, 3.05) is 5.43 Å². The highest BCUT2D eigenvalue weighted by atomic mass is 35.5. The Bertz CT molecular complexity index is 579. The second kappa shape index (κ2) is 4.75. The number of anilines is 1. The number of hydrazine groups is 1. The summed E-state index contributed by atoms with van der Waals surface area (Å²) in [6, 6.07) is 7.76. The van der Waals surface area contributed by atoms with Gasteiger partial charge in [-0.3, -0.25) is 5.84 Å². The molecule has 1 aromatic carbocycles. The lowest BCUT2D eigenvalue weighted by atomic mass is 9.84. The van der Waals surface area contributed by atoms with Crippen molar-refractivity contribution in [2.24, 2.45) is 5.84 Å². The first kappa shape index (κ1) is 13.1. The molecule has 3 N–H and O–H groups in total. The number of halogens is 1. The van der Waals surface area contributed by atoms with Gasteiger partial charge >= 0.3 is 0 Å². The molecule has 0 saturated carbocycles. The predicted molar refractivity (Wildman–Crippen MR) is 77.9 cm³/mol. The molecule has 3 nitrogen and oxygen atoms in total. The Morgan fingerprint density at radius 3 is 2.72 bits per heavy atom. The van der Waals surface area contributed by atoms with Crippen molar-refractivity contribution < 1.29 is 0 Å². The predicted octanol–water partition coefficient (Wildman–Crippen LogP) is 3.86. The topological polar surface area (TPSA) is 50.9 Å². The van der Waals surface area contributed by atoms with Gasteiger partial charge in [-0.2, -0.15) is 0 Å². The first-order valence-corrected chi connectivity index (χ1v) is 6.43. The van der Waals surface area contributed by atoms with Gasteiger partial charge in [-0.25, -0.2) is 4.98 Å². The van der Waals surface area contributed by atoms with E-state index in [1.807, 2.05) is 24.3 Å². The number of pyridine rings is 1. The lowest BCUT2D eigenvalue weighted by Crippen LogP contribution is -2.22. The zero-order valence-electron chi connectivity index (χ0n) is 10.9. The zero-order valence-corrected chi connectivity index (χ0v) is 11.7. The minimum absolute atomic E-state index is 0.0466. The number of benzene rings is 1. The van der Waals surface area contributed by atoms with Gasteiger partial charge in [0.1, 0.15) is 0 Å². The molecular weight excluding hydrogens is 246 g/mol. The molecular formula is C14H18ClN3. The van der Waals surface area contributed by atoms with E-state index >= 15 is 0 Å². The van der Waals surface area contributed by atoms with Crippen molar-refractivity contribution in [3.63, 3.8) is 0 Å². The second-order valence-corrected chi connectivity index (χ2v) is 5.49. The maximum atomic E-state index is 6.20. The number of hydrogen-bond acceptors (Lipinski definition) is 3. The third-order valence-corrected chi connectivity index (χ3v) is 3.78. The van der Waals surface area contributed by atoms with Crippen LogP contribution in [-0.2, 0) is 5.41 Å². The molecule has 0 amide bonds. The minimum Gasteiger partial charge on any atom is -0.322 e. The van der Waals surface area contributed by atoms with E-state index in [4.69, 9.17) is 22.4 Å². The van der Waals surface area contributed by atoms with E-state index in [9.17, 15) is 0 Å². The highest BCUT2D eigenvalue weighted by molar-refractivity contribution is 6.35. The first-order chi connectivity index (χ1) is 8.49. The van der Waals surface area contributed by atoms with Crippen molar-refractivity contribution in [3.8, 4) is 0 Å². The number of aromatic nitrogens is 1. The summed E-state index contributed by atoms with van der Waals surface area (Å²) in [4.78, 5) is 4.71. The van der Waals surface area contributed by atoms with E-state index in [2.05, 4.69) is 26.2 Å². The highest BCUT2D eigenvalue weighted by Gasteiger charge is 2.24. The third kappa shape index (κ3) is 2.16. The lowest BCUT2D eigenvalue weighted by molar-refractivity contribution is 0.494. The largest absolute Gasteiger partial charge is 0.322 e. The molecule has 1 heterocycles. The van der Waals surface area contributed by atoms with Crippen LogP contribution in [0.4, 0.5) is 5.69 Å². The Labute approximate surface area is 112 Å². The van der Waals surface area contributed by atoms with E-state index in [1.165, 1.54) is 0 Å². The molecule has 0 radical (unpaired) electrons.